The molecule has 2 N–H and O–H groups in total. The number of hydrogen-bond acceptors (Lipinski definition) is 2. The lowest BCUT2D eigenvalue weighted by molar-refractivity contribution is 1.46. The van der Waals surface area contributed by atoms with Crippen LogP contribution in [0.5, 0.6) is 0 Å². The molecule has 0 unspecified atom stereocenters. The van der Waals surface area contributed by atoms with Crippen molar-refractivity contribution in [2.24, 2.45) is 0 Å². The van der Waals surface area contributed by atoms with Gasteiger partial charge in [-0.25, -0.2) is 0 Å². The smallest absolute Gasteiger partial charge is 0.0519 e. The normalized spacial score (nSPS) is 10.5. The number of anilines is 1. The van der Waals surface area contributed by atoms with Gasteiger partial charge in [-0.05, 0) is 36.1 Å². The predicted octanol–water partition coefficient (Wildman–Crippen LogP) is 4.96. The molecule has 0 fully saturated rings. The van der Waals surface area contributed by atoms with Crippen LogP contribution >= 0.6 is 35.0 Å². The van der Waals surface area contributed by atoms with Gasteiger partial charge in [0.2, 0.25) is 0 Å². The number of nitrogen functional groups attached to an aromatic ring is 1. The van der Waals surface area contributed by atoms with Crippen LogP contribution in [0.25, 0.3) is 11.1 Å². The molecule has 0 aliphatic heterocycles. The molecule has 0 aromatic heterocycles. The van der Waals surface area contributed by atoms with Crippen LogP contribution in [0.3, 0.4) is 0 Å². The van der Waals surface area contributed by atoms with Crippen LogP contribution in [0, 0.1) is 0 Å². The molecule has 2 aromatic rings. The molecule has 0 saturated heterocycles. The van der Waals surface area contributed by atoms with Crippen LogP contribution < -0.4 is 5.73 Å². The van der Waals surface area contributed by atoms with Crippen molar-refractivity contribution in [2.75, 3.05) is 12.0 Å². The Kier molecular flexibility index (Phi) is 3.87. The molecule has 0 spiro atoms. The second-order valence-electron chi connectivity index (χ2n) is 3.59. The molecule has 4 heteroatoms. The van der Waals surface area contributed by atoms with Crippen molar-refractivity contribution in [2.45, 2.75) is 4.90 Å². The zero-order valence-electron chi connectivity index (χ0n) is 9.21. The van der Waals surface area contributed by atoms with Gasteiger partial charge in [-0.1, -0.05) is 35.3 Å². The molecule has 0 aliphatic rings. The van der Waals surface area contributed by atoms with Gasteiger partial charge in [-0.2, -0.15) is 0 Å². The Morgan fingerprint density at radius 2 is 1.53 bits per heavy atom. The molecule has 2 rings (SSSR count). The second-order valence-corrected chi connectivity index (χ2v) is 5.28. The van der Waals surface area contributed by atoms with Crippen molar-refractivity contribution >= 4 is 40.7 Å². The van der Waals surface area contributed by atoms with E-state index in [0.717, 1.165) is 11.1 Å². The molecule has 17 heavy (non-hydrogen) atoms. The molecule has 1 nitrogen and oxygen atoms in total. The minimum atomic E-state index is 0.574. The molecule has 0 saturated carbocycles. The third-order valence-electron chi connectivity index (χ3n) is 2.44. The lowest BCUT2D eigenvalue weighted by Crippen LogP contribution is -1.88. The summed E-state index contributed by atoms with van der Waals surface area (Å²) in [6.07, 6.45) is 2.04. The summed E-state index contributed by atoms with van der Waals surface area (Å²) in [5.74, 6) is 0. The number of rotatable bonds is 2. The van der Waals surface area contributed by atoms with Crippen molar-refractivity contribution in [3.8, 4) is 11.1 Å². The number of benzene rings is 2. The third kappa shape index (κ3) is 2.71. The van der Waals surface area contributed by atoms with E-state index in [1.54, 1.807) is 23.9 Å². The van der Waals surface area contributed by atoms with Gasteiger partial charge in [0.25, 0.3) is 0 Å². The van der Waals surface area contributed by atoms with Gasteiger partial charge in [-0.3, -0.25) is 0 Å². The molecule has 0 aliphatic carbocycles. The standard InChI is InChI=1S/C13H11Cl2NS/c1-17-10-4-2-8(3-5-10)13-11(14)6-9(16)7-12(13)15/h2-7H,16H2,1H3. The first-order valence-corrected chi connectivity index (χ1v) is 6.99. The third-order valence-corrected chi connectivity index (χ3v) is 3.78. The van der Waals surface area contributed by atoms with E-state index in [-0.39, 0.29) is 0 Å². The first-order chi connectivity index (χ1) is 8.11. The highest BCUT2D eigenvalue weighted by Gasteiger charge is 2.09. The number of hydrogen-bond donors (Lipinski definition) is 1. The number of thioether (sulfide) groups is 1. The minimum absolute atomic E-state index is 0.574. The highest BCUT2D eigenvalue weighted by Crippen LogP contribution is 2.37. The fourth-order valence-electron chi connectivity index (χ4n) is 1.63. The average Bonchev–Trinajstić information content (AvgIpc) is 2.28. The monoisotopic (exact) mass is 283 g/mol. The van der Waals surface area contributed by atoms with E-state index in [1.807, 2.05) is 30.5 Å². The molecular formula is C13H11Cl2NS. The van der Waals surface area contributed by atoms with Gasteiger partial charge in [0.1, 0.15) is 0 Å². The minimum Gasteiger partial charge on any atom is -0.399 e. The number of nitrogens with two attached hydrogens (primary N) is 1. The summed E-state index contributed by atoms with van der Waals surface area (Å²) in [7, 11) is 0. The largest absolute Gasteiger partial charge is 0.399 e. The number of halogens is 2. The molecule has 0 atom stereocenters. The van der Waals surface area contributed by atoms with E-state index in [2.05, 4.69) is 0 Å². The van der Waals surface area contributed by atoms with Gasteiger partial charge >= 0.3 is 0 Å². The van der Waals surface area contributed by atoms with Crippen LogP contribution in [0.15, 0.2) is 41.3 Å². The summed E-state index contributed by atoms with van der Waals surface area (Å²) in [6.45, 7) is 0. The second kappa shape index (κ2) is 5.21. The van der Waals surface area contributed by atoms with Crippen LogP contribution in [0.2, 0.25) is 10.0 Å². The Labute approximate surface area is 115 Å². The Morgan fingerprint density at radius 1 is 1.00 bits per heavy atom. The molecular weight excluding hydrogens is 273 g/mol. The van der Waals surface area contributed by atoms with E-state index >= 15 is 0 Å². The molecule has 0 bridgehead atoms. The molecule has 88 valence electrons. The fraction of sp³-hybridized carbons (Fsp3) is 0.0769. The highest BCUT2D eigenvalue weighted by molar-refractivity contribution is 7.98. The van der Waals surface area contributed by atoms with E-state index in [1.165, 1.54) is 4.90 Å². The van der Waals surface area contributed by atoms with Crippen LogP contribution in [-0.2, 0) is 0 Å². The quantitative estimate of drug-likeness (QED) is 0.622. The topological polar surface area (TPSA) is 26.0 Å². The lowest BCUT2D eigenvalue weighted by Gasteiger charge is -2.09. The Balaban J connectivity index is 2.52. The van der Waals surface area contributed by atoms with Gasteiger partial charge in [-0.15, -0.1) is 11.8 Å². The molecule has 0 heterocycles. The van der Waals surface area contributed by atoms with Gasteiger partial charge in [0.05, 0.1) is 10.0 Å². The van der Waals surface area contributed by atoms with E-state index in [9.17, 15) is 0 Å². The maximum Gasteiger partial charge on any atom is 0.0519 e. The summed E-state index contributed by atoms with van der Waals surface area (Å²) in [5.41, 5.74) is 8.08. The van der Waals surface area contributed by atoms with Crippen molar-refractivity contribution in [3.05, 3.63) is 46.4 Å². The summed E-state index contributed by atoms with van der Waals surface area (Å²) in [6, 6.07) is 11.5. The first kappa shape index (κ1) is 12.6. The van der Waals surface area contributed by atoms with Gasteiger partial charge in [0.15, 0.2) is 0 Å². The zero-order valence-corrected chi connectivity index (χ0v) is 11.5. The van der Waals surface area contributed by atoms with E-state index in [4.69, 9.17) is 28.9 Å². The summed E-state index contributed by atoms with van der Waals surface area (Å²) in [4.78, 5) is 1.21. The highest BCUT2D eigenvalue weighted by atomic mass is 35.5. The van der Waals surface area contributed by atoms with Crippen molar-refractivity contribution in [1.29, 1.82) is 0 Å². The first-order valence-electron chi connectivity index (χ1n) is 5.01. The predicted molar refractivity (Wildman–Crippen MR) is 78.1 cm³/mol. The maximum atomic E-state index is 6.17. The SMILES string of the molecule is CSc1ccc(-c2c(Cl)cc(N)cc2Cl)cc1. The van der Waals surface area contributed by atoms with E-state index < -0.39 is 0 Å². The summed E-state index contributed by atoms with van der Waals surface area (Å²) < 4.78 is 0. The Hall–Kier alpha value is -0.830. The summed E-state index contributed by atoms with van der Waals surface area (Å²) in [5, 5.41) is 1.15. The molecule has 0 radical (unpaired) electrons. The summed E-state index contributed by atoms with van der Waals surface area (Å²) >= 11 is 14.0. The maximum absolute atomic E-state index is 6.17. The zero-order chi connectivity index (χ0) is 12.4. The van der Waals surface area contributed by atoms with Gasteiger partial charge in [0, 0.05) is 16.1 Å². The molecule has 2 aromatic carbocycles. The fourth-order valence-corrected chi connectivity index (χ4v) is 2.76. The average molecular weight is 284 g/mol. The van der Waals surface area contributed by atoms with Crippen LogP contribution in [-0.4, -0.2) is 6.26 Å². The van der Waals surface area contributed by atoms with Crippen molar-refractivity contribution < 1.29 is 0 Å². The Morgan fingerprint density at radius 3 is 2.00 bits per heavy atom. The molecule has 0 amide bonds. The van der Waals surface area contributed by atoms with Crippen molar-refractivity contribution in [1.82, 2.24) is 0 Å². The van der Waals surface area contributed by atoms with Gasteiger partial charge < -0.3 is 5.73 Å². The lowest BCUT2D eigenvalue weighted by atomic mass is 10.1. The van der Waals surface area contributed by atoms with Crippen LogP contribution in [0.1, 0.15) is 0 Å². The Bertz CT molecular complexity index is 515. The van der Waals surface area contributed by atoms with Crippen LogP contribution in [0.4, 0.5) is 5.69 Å². The van der Waals surface area contributed by atoms with E-state index in [0.29, 0.717) is 15.7 Å². The van der Waals surface area contributed by atoms with Crippen molar-refractivity contribution in [3.63, 3.8) is 0 Å².